The summed E-state index contributed by atoms with van der Waals surface area (Å²) >= 11 is 5.56. The molecule has 0 aliphatic rings. The van der Waals surface area contributed by atoms with E-state index in [0.29, 0.717) is 5.56 Å². The van der Waals surface area contributed by atoms with Gasteiger partial charge in [0.05, 0.1) is 11.8 Å². The van der Waals surface area contributed by atoms with Crippen molar-refractivity contribution in [2.24, 2.45) is 0 Å². The van der Waals surface area contributed by atoms with Crippen molar-refractivity contribution in [2.45, 2.75) is 6.92 Å². The minimum atomic E-state index is -1.08. The molecule has 0 fully saturated rings. The Morgan fingerprint density at radius 1 is 1.53 bits per heavy atom. The minimum Gasteiger partial charge on any atom is -0.478 e. The lowest BCUT2D eigenvalue weighted by Crippen LogP contribution is -2.01. The van der Waals surface area contributed by atoms with Gasteiger partial charge in [-0.1, -0.05) is 0 Å². The lowest BCUT2D eigenvalue weighted by molar-refractivity contribution is 0.0696. The van der Waals surface area contributed by atoms with E-state index >= 15 is 0 Å². The van der Waals surface area contributed by atoms with E-state index in [1.54, 1.807) is 6.92 Å². The molecule has 0 saturated carbocycles. The summed E-state index contributed by atoms with van der Waals surface area (Å²) in [5, 5.41) is 8.78. The number of hydrogen-bond acceptors (Lipinski definition) is 3. The molecular formula is C10H7ClFN3O2. The van der Waals surface area contributed by atoms with E-state index in [0.717, 1.165) is 6.20 Å². The van der Waals surface area contributed by atoms with Gasteiger partial charge in [-0.2, -0.15) is 4.98 Å². The van der Waals surface area contributed by atoms with E-state index in [9.17, 15) is 9.18 Å². The standard InChI is InChI=1S/C10H7ClFN3O2/c1-5-3-15(4-6(5)9(16)17)8-7(12)2-13-10(11)14-8/h2-4H,1H3,(H,16,17). The van der Waals surface area contributed by atoms with E-state index in [1.807, 2.05) is 0 Å². The lowest BCUT2D eigenvalue weighted by Gasteiger charge is -2.02. The van der Waals surface area contributed by atoms with Gasteiger partial charge < -0.3 is 9.67 Å². The molecule has 0 unspecified atom stereocenters. The van der Waals surface area contributed by atoms with Gasteiger partial charge in [-0.25, -0.2) is 14.2 Å². The van der Waals surface area contributed by atoms with Crippen molar-refractivity contribution < 1.29 is 14.3 Å². The molecule has 1 N–H and O–H groups in total. The molecular weight excluding hydrogens is 249 g/mol. The Hall–Kier alpha value is -1.95. The Bertz CT molecular complexity index is 597. The van der Waals surface area contributed by atoms with Crippen LogP contribution in [0.2, 0.25) is 5.28 Å². The number of carbonyl (C=O) groups is 1. The Morgan fingerprint density at radius 3 is 2.82 bits per heavy atom. The summed E-state index contributed by atoms with van der Waals surface area (Å²) in [6.45, 7) is 1.61. The molecule has 17 heavy (non-hydrogen) atoms. The number of halogens is 2. The molecule has 0 amide bonds. The van der Waals surface area contributed by atoms with Crippen molar-refractivity contribution >= 4 is 17.6 Å². The number of aryl methyl sites for hydroxylation is 1. The molecule has 0 aromatic carbocycles. The highest BCUT2D eigenvalue weighted by Crippen LogP contribution is 2.17. The third kappa shape index (κ3) is 2.12. The smallest absolute Gasteiger partial charge is 0.337 e. The van der Waals surface area contributed by atoms with Gasteiger partial charge in [-0.3, -0.25) is 0 Å². The van der Waals surface area contributed by atoms with Gasteiger partial charge in [0.2, 0.25) is 5.28 Å². The van der Waals surface area contributed by atoms with Crippen LogP contribution in [0, 0.1) is 12.7 Å². The first-order chi connectivity index (χ1) is 7.99. The molecule has 0 aliphatic carbocycles. The Balaban J connectivity index is 2.57. The number of carboxylic acids is 1. The van der Waals surface area contributed by atoms with Gasteiger partial charge in [0.1, 0.15) is 0 Å². The molecule has 88 valence electrons. The summed E-state index contributed by atoms with van der Waals surface area (Å²) in [5.41, 5.74) is 0.589. The quantitative estimate of drug-likeness (QED) is 0.834. The maximum absolute atomic E-state index is 13.4. The predicted octanol–water partition coefficient (Wildman–Crippen LogP) is 2.07. The Morgan fingerprint density at radius 2 is 2.24 bits per heavy atom. The van der Waals surface area contributed by atoms with Crippen LogP contribution in [0.5, 0.6) is 0 Å². The molecule has 5 nitrogen and oxygen atoms in total. The van der Waals surface area contributed by atoms with E-state index in [4.69, 9.17) is 16.7 Å². The van der Waals surface area contributed by atoms with Crippen molar-refractivity contribution in [3.05, 3.63) is 40.8 Å². The zero-order chi connectivity index (χ0) is 12.6. The number of nitrogens with zero attached hydrogens (tertiary/aromatic N) is 3. The highest BCUT2D eigenvalue weighted by atomic mass is 35.5. The maximum atomic E-state index is 13.4. The first-order valence-electron chi connectivity index (χ1n) is 4.59. The van der Waals surface area contributed by atoms with Crippen LogP contribution in [-0.4, -0.2) is 25.6 Å². The average Bonchev–Trinajstić information content (AvgIpc) is 2.64. The van der Waals surface area contributed by atoms with Gasteiger partial charge in [-0.15, -0.1) is 0 Å². The van der Waals surface area contributed by atoms with E-state index in [-0.39, 0.29) is 16.7 Å². The second kappa shape index (κ2) is 4.14. The van der Waals surface area contributed by atoms with Gasteiger partial charge in [0.25, 0.3) is 0 Å². The van der Waals surface area contributed by atoms with Crippen LogP contribution < -0.4 is 0 Å². The molecule has 0 bridgehead atoms. The zero-order valence-electron chi connectivity index (χ0n) is 8.69. The van der Waals surface area contributed by atoms with Crippen molar-refractivity contribution in [2.75, 3.05) is 0 Å². The number of rotatable bonds is 2. The van der Waals surface area contributed by atoms with Crippen molar-refractivity contribution in [3.63, 3.8) is 0 Å². The van der Waals surface area contributed by atoms with E-state index < -0.39 is 11.8 Å². The van der Waals surface area contributed by atoms with Crippen LogP contribution in [0.25, 0.3) is 5.82 Å². The SMILES string of the molecule is Cc1cn(-c2nc(Cl)ncc2F)cc1C(=O)O. The third-order valence-corrected chi connectivity index (χ3v) is 2.38. The number of aromatic nitrogens is 3. The van der Waals surface area contributed by atoms with Crippen LogP contribution in [0.15, 0.2) is 18.6 Å². The number of hydrogen-bond donors (Lipinski definition) is 1. The second-order valence-corrected chi connectivity index (χ2v) is 3.72. The summed E-state index contributed by atoms with van der Waals surface area (Å²) in [6.07, 6.45) is 3.67. The van der Waals surface area contributed by atoms with Gasteiger partial charge in [0.15, 0.2) is 11.6 Å². The number of carboxylic acid groups (broad SMARTS) is 1. The lowest BCUT2D eigenvalue weighted by atomic mass is 10.2. The van der Waals surface area contributed by atoms with E-state index in [1.165, 1.54) is 17.0 Å². The first kappa shape index (κ1) is 11.5. The summed E-state index contributed by atoms with van der Waals surface area (Å²) in [6, 6.07) is 0. The van der Waals surface area contributed by atoms with Crippen LogP contribution in [0.4, 0.5) is 4.39 Å². The second-order valence-electron chi connectivity index (χ2n) is 3.38. The summed E-state index contributed by atoms with van der Waals surface area (Å²) in [7, 11) is 0. The van der Waals surface area contributed by atoms with Crippen LogP contribution >= 0.6 is 11.6 Å². The highest BCUT2D eigenvalue weighted by molar-refractivity contribution is 6.28. The van der Waals surface area contributed by atoms with Crippen molar-refractivity contribution in [3.8, 4) is 5.82 Å². The molecule has 7 heteroatoms. The monoisotopic (exact) mass is 255 g/mol. The minimum absolute atomic E-state index is 0.0825. The molecule has 0 saturated heterocycles. The molecule has 2 aromatic rings. The third-order valence-electron chi connectivity index (χ3n) is 2.20. The summed E-state index contributed by atoms with van der Waals surface area (Å²) in [5.74, 6) is -1.84. The average molecular weight is 256 g/mol. The largest absolute Gasteiger partial charge is 0.478 e. The number of aromatic carboxylic acids is 1. The van der Waals surface area contributed by atoms with Gasteiger partial charge in [0, 0.05) is 12.4 Å². The molecule has 0 spiro atoms. The van der Waals surface area contributed by atoms with Gasteiger partial charge >= 0.3 is 5.97 Å². The normalized spacial score (nSPS) is 10.5. The van der Waals surface area contributed by atoms with Crippen molar-refractivity contribution in [1.29, 1.82) is 0 Å². The van der Waals surface area contributed by atoms with Crippen LogP contribution in [0.1, 0.15) is 15.9 Å². The highest BCUT2D eigenvalue weighted by Gasteiger charge is 2.14. The fourth-order valence-corrected chi connectivity index (χ4v) is 1.55. The molecule has 0 aliphatic heterocycles. The Kier molecular flexibility index (Phi) is 2.81. The summed E-state index contributed by atoms with van der Waals surface area (Å²) < 4.78 is 14.7. The molecule has 0 radical (unpaired) electrons. The fourth-order valence-electron chi connectivity index (χ4n) is 1.42. The first-order valence-corrected chi connectivity index (χ1v) is 4.97. The Labute approximate surface area is 101 Å². The molecule has 2 aromatic heterocycles. The van der Waals surface area contributed by atoms with Crippen molar-refractivity contribution in [1.82, 2.24) is 14.5 Å². The summed E-state index contributed by atoms with van der Waals surface area (Å²) in [4.78, 5) is 18.0. The van der Waals surface area contributed by atoms with E-state index in [2.05, 4.69) is 9.97 Å². The zero-order valence-corrected chi connectivity index (χ0v) is 9.44. The molecule has 2 rings (SSSR count). The fraction of sp³-hybridized carbons (Fsp3) is 0.100. The van der Waals surface area contributed by atoms with Gasteiger partial charge in [-0.05, 0) is 24.1 Å². The molecule has 2 heterocycles. The van der Waals surface area contributed by atoms with Crippen LogP contribution in [0.3, 0.4) is 0 Å². The topological polar surface area (TPSA) is 68.0 Å². The maximum Gasteiger partial charge on any atom is 0.337 e. The predicted molar refractivity (Wildman–Crippen MR) is 58.0 cm³/mol. The molecule has 0 atom stereocenters. The van der Waals surface area contributed by atoms with Crippen LogP contribution in [-0.2, 0) is 0 Å².